The first-order valence-electron chi connectivity index (χ1n) is 6.39. The van der Waals surface area contributed by atoms with Gasteiger partial charge in [-0.3, -0.25) is 0 Å². The van der Waals surface area contributed by atoms with E-state index in [4.69, 9.17) is 11.6 Å². The summed E-state index contributed by atoms with van der Waals surface area (Å²) >= 11 is 5.86. The topological polar surface area (TPSA) is 16.1 Å². The van der Waals surface area contributed by atoms with Crippen molar-refractivity contribution in [2.75, 3.05) is 18.0 Å². The van der Waals surface area contributed by atoms with E-state index >= 15 is 0 Å². The molecule has 1 aliphatic rings. The Kier molecular flexibility index (Phi) is 3.93. The summed E-state index contributed by atoms with van der Waals surface area (Å²) in [5.41, 5.74) is 2.19. The third kappa shape index (κ3) is 2.74. The van der Waals surface area contributed by atoms with Crippen molar-refractivity contribution in [1.82, 2.24) is 4.98 Å². The average molecular weight is 253 g/mol. The van der Waals surface area contributed by atoms with Crippen molar-refractivity contribution in [3.05, 3.63) is 23.4 Å². The molecular weight excluding hydrogens is 232 g/mol. The van der Waals surface area contributed by atoms with Crippen LogP contribution in [0.2, 0.25) is 0 Å². The van der Waals surface area contributed by atoms with E-state index in [1.165, 1.54) is 6.42 Å². The number of hydrogen-bond donors (Lipinski definition) is 0. The molecular formula is C14H21ClN2. The molecule has 1 fully saturated rings. The van der Waals surface area contributed by atoms with Gasteiger partial charge in [0.25, 0.3) is 0 Å². The quantitative estimate of drug-likeness (QED) is 0.748. The van der Waals surface area contributed by atoms with Gasteiger partial charge >= 0.3 is 0 Å². The van der Waals surface area contributed by atoms with Gasteiger partial charge in [-0.15, -0.1) is 11.6 Å². The molecule has 2 heterocycles. The average Bonchev–Trinajstić information content (AvgIpc) is 2.32. The number of rotatable bonds is 2. The first-order valence-corrected chi connectivity index (χ1v) is 6.92. The molecule has 2 atom stereocenters. The van der Waals surface area contributed by atoms with E-state index in [1.54, 1.807) is 0 Å². The molecule has 0 spiro atoms. The Morgan fingerprint density at radius 2 is 2.12 bits per heavy atom. The second-order valence-corrected chi connectivity index (χ2v) is 5.50. The Bertz CT molecular complexity index is 392. The van der Waals surface area contributed by atoms with Gasteiger partial charge < -0.3 is 4.90 Å². The van der Waals surface area contributed by atoms with Gasteiger partial charge in [0.05, 0.1) is 0 Å². The molecule has 0 saturated carbocycles. The summed E-state index contributed by atoms with van der Waals surface area (Å²) in [4.78, 5) is 7.07. The zero-order valence-corrected chi connectivity index (χ0v) is 11.7. The van der Waals surface area contributed by atoms with Crippen LogP contribution in [0.3, 0.4) is 0 Å². The van der Waals surface area contributed by atoms with Crippen LogP contribution in [0.15, 0.2) is 12.1 Å². The number of anilines is 1. The Morgan fingerprint density at radius 1 is 1.35 bits per heavy atom. The van der Waals surface area contributed by atoms with Crippen molar-refractivity contribution in [3.8, 4) is 0 Å². The van der Waals surface area contributed by atoms with Gasteiger partial charge in [0, 0.05) is 24.7 Å². The fourth-order valence-corrected chi connectivity index (χ4v) is 2.65. The molecule has 0 bridgehead atoms. The van der Waals surface area contributed by atoms with Crippen LogP contribution in [-0.2, 0) is 5.88 Å². The third-order valence-corrected chi connectivity index (χ3v) is 4.27. The molecule has 0 aromatic carbocycles. The number of pyridine rings is 1. The Labute approximate surface area is 109 Å². The summed E-state index contributed by atoms with van der Waals surface area (Å²) in [6.07, 6.45) is 1.26. The highest BCUT2D eigenvalue weighted by atomic mass is 35.5. The fraction of sp³-hybridized carbons (Fsp3) is 0.643. The van der Waals surface area contributed by atoms with Crippen molar-refractivity contribution < 1.29 is 0 Å². The highest BCUT2D eigenvalue weighted by molar-refractivity contribution is 6.17. The molecule has 1 aliphatic heterocycles. The molecule has 3 heteroatoms. The van der Waals surface area contributed by atoms with Crippen LogP contribution in [0.4, 0.5) is 5.82 Å². The summed E-state index contributed by atoms with van der Waals surface area (Å²) in [5, 5.41) is 0. The highest BCUT2D eigenvalue weighted by Gasteiger charge is 2.23. The molecule has 0 aliphatic carbocycles. The minimum Gasteiger partial charge on any atom is -0.356 e. The van der Waals surface area contributed by atoms with E-state index in [-0.39, 0.29) is 0 Å². The van der Waals surface area contributed by atoms with Gasteiger partial charge in [0.2, 0.25) is 0 Å². The van der Waals surface area contributed by atoms with E-state index in [9.17, 15) is 0 Å². The Hall–Kier alpha value is -0.760. The summed E-state index contributed by atoms with van der Waals surface area (Å²) < 4.78 is 0. The SMILES string of the molecule is Cc1nc(N2CCC(C)C(C)C2)ccc1CCl. The minimum absolute atomic E-state index is 0.548. The lowest BCUT2D eigenvalue weighted by Crippen LogP contribution is -2.38. The Balaban J connectivity index is 2.15. The number of aromatic nitrogens is 1. The molecule has 1 saturated heterocycles. The van der Waals surface area contributed by atoms with E-state index in [2.05, 4.69) is 35.9 Å². The standard InChI is InChI=1S/C14H21ClN2/c1-10-6-7-17(9-11(10)2)14-5-4-13(8-15)12(3)16-14/h4-5,10-11H,6-9H2,1-3H3. The van der Waals surface area contributed by atoms with Crippen molar-refractivity contribution in [2.24, 2.45) is 11.8 Å². The summed E-state index contributed by atoms with van der Waals surface area (Å²) in [6.45, 7) is 8.96. The van der Waals surface area contributed by atoms with Crippen LogP contribution in [0, 0.1) is 18.8 Å². The van der Waals surface area contributed by atoms with Crippen molar-refractivity contribution in [1.29, 1.82) is 0 Å². The van der Waals surface area contributed by atoms with Crippen LogP contribution >= 0.6 is 11.6 Å². The van der Waals surface area contributed by atoms with Gasteiger partial charge in [-0.05, 0) is 36.8 Å². The maximum Gasteiger partial charge on any atom is 0.128 e. The summed E-state index contributed by atoms with van der Waals surface area (Å²) in [7, 11) is 0. The zero-order valence-electron chi connectivity index (χ0n) is 10.9. The van der Waals surface area contributed by atoms with Crippen LogP contribution in [-0.4, -0.2) is 18.1 Å². The summed E-state index contributed by atoms with van der Waals surface area (Å²) in [6, 6.07) is 4.21. The van der Waals surface area contributed by atoms with E-state index < -0.39 is 0 Å². The van der Waals surface area contributed by atoms with Crippen LogP contribution in [0.5, 0.6) is 0 Å². The van der Waals surface area contributed by atoms with Crippen LogP contribution in [0.25, 0.3) is 0 Å². The number of halogens is 1. The number of alkyl halides is 1. The van der Waals surface area contributed by atoms with Crippen LogP contribution in [0.1, 0.15) is 31.5 Å². The maximum atomic E-state index is 5.86. The third-order valence-electron chi connectivity index (χ3n) is 3.98. The van der Waals surface area contributed by atoms with Crippen LogP contribution < -0.4 is 4.90 Å². The number of hydrogen-bond acceptors (Lipinski definition) is 2. The van der Waals surface area contributed by atoms with E-state index in [0.29, 0.717) is 5.88 Å². The largest absolute Gasteiger partial charge is 0.356 e. The number of aryl methyl sites for hydroxylation is 1. The summed E-state index contributed by atoms with van der Waals surface area (Å²) in [5.74, 6) is 3.23. The lowest BCUT2D eigenvalue weighted by atomic mass is 9.89. The van der Waals surface area contributed by atoms with E-state index in [1.807, 2.05) is 6.92 Å². The van der Waals surface area contributed by atoms with Gasteiger partial charge in [0.15, 0.2) is 0 Å². The second kappa shape index (κ2) is 5.26. The molecule has 1 aromatic heterocycles. The van der Waals surface area contributed by atoms with Crippen molar-refractivity contribution in [2.45, 2.75) is 33.1 Å². The first kappa shape index (κ1) is 12.7. The molecule has 17 heavy (non-hydrogen) atoms. The van der Waals surface area contributed by atoms with Gasteiger partial charge in [0.1, 0.15) is 5.82 Å². The van der Waals surface area contributed by atoms with Crippen molar-refractivity contribution in [3.63, 3.8) is 0 Å². The van der Waals surface area contributed by atoms with Gasteiger partial charge in [-0.1, -0.05) is 19.9 Å². The molecule has 2 rings (SSSR count). The fourth-order valence-electron chi connectivity index (χ4n) is 2.36. The monoisotopic (exact) mass is 252 g/mol. The lowest BCUT2D eigenvalue weighted by Gasteiger charge is -2.36. The highest BCUT2D eigenvalue weighted by Crippen LogP contribution is 2.26. The molecule has 0 radical (unpaired) electrons. The predicted molar refractivity (Wildman–Crippen MR) is 73.7 cm³/mol. The molecule has 1 aromatic rings. The molecule has 0 N–H and O–H groups in total. The predicted octanol–water partition coefficient (Wildman–Crippen LogP) is 3.61. The molecule has 0 amide bonds. The number of nitrogens with zero attached hydrogens (tertiary/aromatic N) is 2. The maximum absolute atomic E-state index is 5.86. The molecule has 2 unspecified atom stereocenters. The second-order valence-electron chi connectivity index (χ2n) is 5.24. The number of piperidine rings is 1. The zero-order chi connectivity index (χ0) is 12.4. The molecule has 2 nitrogen and oxygen atoms in total. The van der Waals surface area contributed by atoms with Gasteiger partial charge in [-0.25, -0.2) is 4.98 Å². The van der Waals surface area contributed by atoms with E-state index in [0.717, 1.165) is 42.0 Å². The van der Waals surface area contributed by atoms with Crippen molar-refractivity contribution >= 4 is 17.4 Å². The molecule has 94 valence electrons. The smallest absolute Gasteiger partial charge is 0.128 e. The normalized spacial score (nSPS) is 25.1. The Morgan fingerprint density at radius 3 is 2.71 bits per heavy atom. The first-order chi connectivity index (χ1) is 8.11. The lowest BCUT2D eigenvalue weighted by molar-refractivity contribution is 0.322. The van der Waals surface area contributed by atoms with Gasteiger partial charge in [-0.2, -0.15) is 0 Å². The minimum atomic E-state index is 0.548.